The van der Waals surface area contributed by atoms with E-state index < -0.39 is 0 Å². The molecule has 0 fully saturated rings. The topological polar surface area (TPSA) is 67.2 Å². The van der Waals surface area contributed by atoms with E-state index in [0.29, 0.717) is 24.9 Å². The van der Waals surface area contributed by atoms with Crippen LogP contribution in [0.1, 0.15) is 42.9 Å². The maximum Gasteiger partial charge on any atom is 0.251 e. The van der Waals surface area contributed by atoms with Crippen LogP contribution in [0.25, 0.3) is 16.7 Å². The minimum absolute atomic E-state index is 0.132. The predicted octanol–water partition coefficient (Wildman–Crippen LogP) is 3.71. The number of nitrogens with one attached hydrogen (secondary N) is 1. The number of para-hydroxylation sites is 1. The van der Waals surface area contributed by atoms with E-state index in [4.69, 9.17) is 0 Å². The van der Waals surface area contributed by atoms with E-state index in [-0.39, 0.29) is 11.8 Å². The largest absolute Gasteiger partial charge is 0.352 e. The standard InChI is InChI=1S/C23H28N4O2/c1-4-26(5-2)22(28)12-9-15-24-23(29)18-13-14-21-20(16-18)25-17(3)27(21)19-10-7-6-8-11-19/h6-8,10-11,13-14,16H,4-5,9,12,15H2,1-3H3,(H,24,29). The summed E-state index contributed by atoms with van der Waals surface area (Å²) in [5, 5.41) is 2.90. The molecule has 1 heterocycles. The zero-order chi connectivity index (χ0) is 20.8. The molecule has 152 valence electrons. The molecular formula is C23H28N4O2. The lowest BCUT2D eigenvalue weighted by atomic mass is 10.1. The first-order chi connectivity index (χ1) is 14.0. The molecule has 3 aromatic rings. The SMILES string of the molecule is CCN(CC)C(=O)CCCNC(=O)c1ccc2c(c1)nc(C)n2-c1ccccc1. The van der Waals surface area contributed by atoms with E-state index in [1.165, 1.54) is 0 Å². The molecule has 2 amide bonds. The van der Waals surface area contributed by atoms with Crippen LogP contribution in [-0.2, 0) is 4.79 Å². The smallest absolute Gasteiger partial charge is 0.251 e. The molecule has 0 saturated carbocycles. The van der Waals surface area contributed by atoms with E-state index >= 15 is 0 Å². The molecular weight excluding hydrogens is 364 g/mol. The van der Waals surface area contributed by atoms with Gasteiger partial charge in [0.15, 0.2) is 0 Å². The fourth-order valence-corrected chi connectivity index (χ4v) is 3.52. The van der Waals surface area contributed by atoms with Gasteiger partial charge in [0.05, 0.1) is 11.0 Å². The minimum atomic E-state index is -0.144. The summed E-state index contributed by atoms with van der Waals surface area (Å²) in [5.41, 5.74) is 3.37. The number of aromatic nitrogens is 2. The monoisotopic (exact) mass is 392 g/mol. The Labute approximate surface area is 171 Å². The van der Waals surface area contributed by atoms with Crippen molar-refractivity contribution in [2.24, 2.45) is 0 Å². The lowest BCUT2D eigenvalue weighted by molar-refractivity contribution is -0.130. The molecule has 1 aromatic heterocycles. The summed E-state index contributed by atoms with van der Waals surface area (Å²) in [5.74, 6) is 0.861. The maximum absolute atomic E-state index is 12.5. The Morgan fingerprint density at radius 2 is 1.79 bits per heavy atom. The number of hydrogen-bond acceptors (Lipinski definition) is 3. The summed E-state index contributed by atoms with van der Waals surface area (Å²) in [6, 6.07) is 15.6. The van der Waals surface area contributed by atoms with Gasteiger partial charge < -0.3 is 10.2 Å². The van der Waals surface area contributed by atoms with Gasteiger partial charge in [0, 0.05) is 37.3 Å². The molecule has 0 unspecified atom stereocenters. The van der Waals surface area contributed by atoms with Crippen molar-refractivity contribution >= 4 is 22.8 Å². The number of imidazole rings is 1. The summed E-state index contributed by atoms with van der Waals surface area (Å²) in [7, 11) is 0. The van der Waals surface area contributed by atoms with E-state index in [1.807, 2.05) is 69.3 Å². The molecule has 6 heteroatoms. The van der Waals surface area contributed by atoms with Crippen LogP contribution in [0.4, 0.5) is 0 Å². The molecule has 6 nitrogen and oxygen atoms in total. The molecule has 0 spiro atoms. The predicted molar refractivity (Wildman–Crippen MR) is 115 cm³/mol. The lowest BCUT2D eigenvalue weighted by Crippen LogP contribution is -2.31. The highest BCUT2D eigenvalue weighted by Gasteiger charge is 2.13. The molecule has 0 aliphatic heterocycles. The molecule has 0 atom stereocenters. The van der Waals surface area contributed by atoms with Crippen molar-refractivity contribution in [2.45, 2.75) is 33.6 Å². The number of hydrogen-bond donors (Lipinski definition) is 1. The third-order valence-corrected chi connectivity index (χ3v) is 5.07. The van der Waals surface area contributed by atoms with Gasteiger partial charge in [-0.1, -0.05) is 18.2 Å². The fraction of sp³-hybridized carbons (Fsp3) is 0.348. The molecule has 2 aromatic carbocycles. The zero-order valence-corrected chi connectivity index (χ0v) is 17.3. The van der Waals surface area contributed by atoms with Crippen LogP contribution in [0.5, 0.6) is 0 Å². The summed E-state index contributed by atoms with van der Waals surface area (Å²) in [6.45, 7) is 7.81. The van der Waals surface area contributed by atoms with E-state index in [9.17, 15) is 9.59 Å². The fourth-order valence-electron chi connectivity index (χ4n) is 3.52. The molecule has 0 saturated heterocycles. The molecule has 1 N–H and O–H groups in total. The Morgan fingerprint density at radius 3 is 2.48 bits per heavy atom. The van der Waals surface area contributed by atoms with Crippen LogP contribution in [0.15, 0.2) is 48.5 Å². The second-order valence-electron chi connectivity index (χ2n) is 6.96. The van der Waals surface area contributed by atoms with Crippen LogP contribution < -0.4 is 5.32 Å². The average Bonchev–Trinajstić information content (AvgIpc) is 3.07. The highest BCUT2D eigenvalue weighted by atomic mass is 16.2. The highest BCUT2D eigenvalue weighted by molar-refractivity contribution is 5.97. The van der Waals surface area contributed by atoms with Crippen LogP contribution in [0.3, 0.4) is 0 Å². The molecule has 0 bridgehead atoms. The van der Waals surface area contributed by atoms with Gasteiger partial charge in [0.2, 0.25) is 5.91 Å². The van der Waals surface area contributed by atoms with Gasteiger partial charge in [-0.2, -0.15) is 0 Å². The number of aryl methyl sites for hydroxylation is 1. The molecule has 0 aliphatic carbocycles. The zero-order valence-electron chi connectivity index (χ0n) is 17.3. The number of nitrogens with zero attached hydrogens (tertiary/aromatic N) is 3. The average molecular weight is 393 g/mol. The number of fused-ring (bicyclic) bond motifs is 1. The highest BCUT2D eigenvalue weighted by Crippen LogP contribution is 2.22. The van der Waals surface area contributed by atoms with Crippen LogP contribution in [0, 0.1) is 6.92 Å². The Bertz CT molecular complexity index is 991. The summed E-state index contributed by atoms with van der Waals surface area (Å²) in [4.78, 5) is 31.0. The van der Waals surface area contributed by atoms with Gasteiger partial charge in [-0.25, -0.2) is 4.98 Å². The van der Waals surface area contributed by atoms with E-state index in [0.717, 1.165) is 35.6 Å². The summed E-state index contributed by atoms with van der Waals surface area (Å²) < 4.78 is 2.08. The molecule has 29 heavy (non-hydrogen) atoms. The van der Waals surface area contributed by atoms with Crippen LogP contribution >= 0.6 is 0 Å². The molecule has 3 rings (SSSR count). The Balaban J connectivity index is 1.65. The van der Waals surface area contributed by atoms with Crippen molar-refractivity contribution in [1.29, 1.82) is 0 Å². The number of rotatable bonds is 8. The first-order valence-corrected chi connectivity index (χ1v) is 10.2. The third kappa shape index (κ3) is 4.65. The van der Waals surface area contributed by atoms with Gasteiger partial charge >= 0.3 is 0 Å². The first kappa shape index (κ1) is 20.6. The second-order valence-corrected chi connectivity index (χ2v) is 6.96. The van der Waals surface area contributed by atoms with Crippen molar-refractivity contribution < 1.29 is 9.59 Å². The van der Waals surface area contributed by atoms with E-state index in [1.54, 1.807) is 4.90 Å². The third-order valence-electron chi connectivity index (χ3n) is 5.07. The second kappa shape index (κ2) is 9.37. The number of carbonyl (C=O) groups excluding carboxylic acids is 2. The van der Waals surface area contributed by atoms with Crippen LogP contribution in [0.2, 0.25) is 0 Å². The van der Waals surface area contributed by atoms with Crippen molar-refractivity contribution in [2.75, 3.05) is 19.6 Å². The number of amides is 2. The first-order valence-electron chi connectivity index (χ1n) is 10.2. The van der Waals surface area contributed by atoms with Crippen molar-refractivity contribution in [3.05, 3.63) is 59.9 Å². The normalized spacial score (nSPS) is 10.9. The van der Waals surface area contributed by atoms with Gasteiger partial charge in [0.1, 0.15) is 5.82 Å². The molecule has 0 radical (unpaired) electrons. The lowest BCUT2D eigenvalue weighted by Gasteiger charge is -2.18. The Hall–Kier alpha value is -3.15. The number of carbonyl (C=O) groups is 2. The summed E-state index contributed by atoms with van der Waals surface area (Å²) >= 11 is 0. The molecule has 0 aliphatic rings. The Morgan fingerprint density at radius 1 is 1.07 bits per heavy atom. The minimum Gasteiger partial charge on any atom is -0.352 e. The van der Waals surface area contributed by atoms with Gasteiger partial charge in [-0.3, -0.25) is 14.2 Å². The van der Waals surface area contributed by atoms with Gasteiger partial charge in [0.25, 0.3) is 5.91 Å². The van der Waals surface area contributed by atoms with Crippen molar-refractivity contribution in [3.8, 4) is 5.69 Å². The van der Waals surface area contributed by atoms with Crippen molar-refractivity contribution in [1.82, 2.24) is 19.8 Å². The maximum atomic E-state index is 12.5. The van der Waals surface area contributed by atoms with Crippen molar-refractivity contribution in [3.63, 3.8) is 0 Å². The van der Waals surface area contributed by atoms with Gasteiger partial charge in [-0.15, -0.1) is 0 Å². The Kier molecular flexibility index (Phi) is 6.65. The van der Waals surface area contributed by atoms with Crippen LogP contribution in [-0.4, -0.2) is 45.9 Å². The van der Waals surface area contributed by atoms with Gasteiger partial charge in [-0.05, 0) is 57.5 Å². The number of benzene rings is 2. The quantitative estimate of drug-likeness (QED) is 0.594. The summed E-state index contributed by atoms with van der Waals surface area (Å²) in [6.07, 6.45) is 1.08. The van der Waals surface area contributed by atoms with E-state index in [2.05, 4.69) is 14.9 Å².